The predicted molar refractivity (Wildman–Crippen MR) is 112 cm³/mol. The van der Waals surface area contributed by atoms with Crippen molar-refractivity contribution >= 4 is 28.2 Å². The second kappa shape index (κ2) is 8.35. The predicted octanol–water partition coefficient (Wildman–Crippen LogP) is 3.89. The third kappa shape index (κ3) is 4.25. The van der Waals surface area contributed by atoms with E-state index in [0.29, 0.717) is 23.0 Å². The lowest BCUT2D eigenvalue weighted by molar-refractivity contribution is 0.0708. The van der Waals surface area contributed by atoms with Crippen molar-refractivity contribution in [1.29, 1.82) is 0 Å². The standard InChI is InChI=1S/C21H22FN5O2S/c1-12-9-17(24-20(28)14-5-3-7-16(22)10-14)30-18(12)21(29)27-8-4-6-15(11-27)19-23-13(2)25-26-19/h3,5,7,9-10,15H,4,6,8,11H2,1-2H3,(H,24,28)(H,23,25,26). The third-order valence-corrected chi connectivity index (χ3v) is 6.26. The Balaban J connectivity index is 1.47. The van der Waals surface area contributed by atoms with Gasteiger partial charge in [-0.05, 0) is 56.5 Å². The summed E-state index contributed by atoms with van der Waals surface area (Å²) in [6.07, 6.45) is 1.83. The number of likely N-dealkylation sites (tertiary alicyclic amines) is 1. The minimum absolute atomic E-state index is 0.0549. The van der Waals surface area contributed by atoms with E-state index in [1.807, 2.05) is 18.7 Å². The van der Waals surface area contributed by atoms with Crippen LogP contribution in [-0.4, -0.2) is 45.0 Å². The molecule has 7 nitrogen and oxygen atoms in total. The van der Waals surface area contributed by atoms with Gasteiger partial charge >= 0.3 is 0 Å². The van der Waals surface area contributed by atoms with Gasteiger partial charge in [0.1, 0.15) is 11.6 Å². The van der Waals surface area contributed by atoms with Gasteiger partial charge in [0.05, 0.1) is 9.88 Å². The van der Waals surface area contributed by atoms with Crippen molar-refractivity contribution in [3.63, 3.8) is 0 Å². The molecule has 0 bridgehead atoms. The first-order chi connectivity index (χ1) is 14.4. The highest BCUT2D eigenvalue weighted by molar-refractivity contribution is 7.18. The Morgan fingerprint density at radius 3 is 2.87 bits per heavy atom. The molecule has 1 aromatic carbocycles. The summed E-state index contributed by atoms with van der Waals surface area (Å²) in [6.45, 7) is 4.96. The van der Waals surface area contributed by atoms with Crippen molar-refractivity contribution in [2.24, 2.45) is 0 Å². The van der Waals surface area contributed by atoms with Gasteiger partial charge in [-0.15, -0.1) is 11.3 Å². The maximum Gasteiger partial charge on any atom is 0.264 e. The molecular weight excluding hydrogens is 405 g/mol. The number of thiophene rings is 1. The maximum absolute atomic E-state index is 13.4. The van der Waals surface area contributed by atoms with E-state index in [1.54, 1.807) is 12.1 Å². The van der Waals surface area contributed by atoms with Crippen LogP contribution < -0.4 is 5.32 Å². The van der Waals surface area contributed by atoms with Gasteiger partial charge in [-0.25, -0.2) is 9.37 Å². The molecular formula is C21H22FN5O2S. The SMILES string of the molecule is Cc1nc(C2CCCN(C(=O)c3sc(NC(=O)c4cccc(F)c4)cc3C)C2)n[nH]1. The molecule has 1 atom stereocenters. The van der Waals surface area contributed by atoms with Crippen LogP contribution in [0.2, 0.25) is 0 Å². The van der Waals surface area contributed by atoms with Gasteiger partial charge in [-0.1, -0.05) is 6.07 Å². The zero-order valence-electron chi connectivity index (χ0n) is 16.7. The van der Waals surface area contributed by atoms with Crippen molar-refractivity contribution < 1.29 is 14.0 Å². The number of H-pyrrole nitrogens is 1. The van der Waals surface area contributed by atoms with Crippen molar-refractivity contribution in [2.75, 3.05) is 18.4 Å². The van der Waals surface area contributed by atoms with E-state index in [0.717, 1.165) is 30.1 Å². The van der Waals surface area contributed by atoms with Crippen molar-refractivity contribution in [1.82, 2.24) is 20.1 Å². The number of carbonyl (C=O) groups excluding carboxylic acids is 2. The van der Waals surface area contributed by atoms with E-state index in [2.05, 4.69) is 20.5 Å². The molecule has 1 saturated heterocycles. The first-order valence-electron chi connectivity index (χ1n) is 9.76. The second-order valence-electron chi connectivity index (χ2n) is 7.46. The molecule has 2 amide bonds. The van der Waals surface area contributed by atoms with Crippen molar-refractivity contribution in [3.8, 4) is 0 Å². The van der Waals surface area contributed by atoms with Crippen LogP contribution in [0.15, 0.2) is 30.3 Å². The third-order valence-electron chi connectivity index (χ3n) is 5.12. The van der Waals surface area contributed by atoms with Gasteiger partial charge < -0.3 is 10.2 Å². The smallest absolute Gasteiger partial charge is 0.264 e. The van der Waals surface area contributed by atoms with Gasteiger partial charge in [0.15, 0.2) is 5.82 Å². The Morgan fingerprint density at radius 2 is 2.13 bits per heavy atom. The molecule has 3 heterocycles. The molecule has 4 rings (SSSR count). The number of hydrogen-bond donors (Lipinski definition) is 2. The number of piperidine rings is 1. The summed E-state index contributed by atoms with van der Waals surface area (Å²) in [6, 6.07) is 7.27. The summed E-state index contributed by atoms with van der Waals surface area (Å²) >= 11 is 1.24. The van der Waals surface area contributed by atoms with Crippen molar-refractivity contribution in [3.05, 3.63) is 63.8 Å². The van der Waals surface area contributed by atoms with Crippen LogP contribution in [0.4, 0.5) is 9.39 Å². The highest BCUT2D eigenvalue weighted by Crippen LogP contribution is 2.31. The van der Waals surface area contributed by atoms with Gasteiger partial charge in [-0.3, -0.25) is 14.7 Å². The van der Waals surface area contributed by atoms with Gasteiger partial charge in [-0.2, -0.15) is 5.10 Å². The molecule has 2 aromatic heterocycles. The summed E-state index contributed by atoms with van der Waals surface area (Å²) in [5, 5.41) is 10.4. The van der Waals surface area contributed by atoms with Crippen molar-refractivity contribution in [2.45, 2.75) is 32.6 Å². The van der Waals surface area contributed by atoms with Crippen LogP contribution in [0.25, 0.3) is 0 Å². The summed E-state index contributed by atoms with van der Waals surface area (Å²) in [5.74, 6) is 0.688. The number of aromatic amines is 1. The molecule has 0 saturated carbocycles. The zero-order chi connectivity index (χ0) is 21.3. The monoisotopic (exact) mass is 427 g/mol. The molecule has 1 unspecified atom stereocenters. The number of rotatable bonds is 4. The fourth-order valence-electron chi connectivity index (χ4n) is 3.63. The first-order valence-corrected chi connectivity index (χ1v) is 10.6. The Hall–Kier alpha value is -3.07. The number of amides is 2. The summed E-state index contributed by atoms with van der Waals surface area (Å²) in [4.78, 5) is 32.4. The number of anilines is 1. The van der Waals surface area contributed by atoms with E-state index in [4.69, 9.17) is 0 Å². The number of hydrogen-bond acceptors (Lipinski definition) is 5. The molecule has 1 aliphatic heterocycles. The molecule has 0 spiro atoms. The Morgan fingerprint density at radius 1 is 1.30 bits per heavy atom. The highest BCUT2D eigenvalue weighted by Gasteiger charge is 2.29. The first kappa shape index (κ1) is 20.2. The summed E-state index contributed by atoms with van der Waals surface area (Å²) in [5.41, 5.74) is 1.03. The lowest BCUT2D eigenvalue weighted by Gasteiger charge is -2.31. The van der Waals surface area contributed by atoms with E-state index in [-0.39, 0.29) is 17.4 Å². The van der Waals surface area contributed by atoms with Crippen LogP contribution >= 0.6 is 11.3 Å². The molecule has 30 heavy (non-hydrogen) atoms. The Kier molecular flexibility index (Phi) is 5.63. The largest absolute Gasteiger partial charge is 0.337 e. The minimum atomic E-state index is -0.470. The van der Waals surface area contributed by atoms with Crippen LogP contribution in [0.5, 0.6) is 0 Å². The van der Waals surface area contributed by atoms with Gasteiger partial charge in [0, 0.05) is 24.6 Å². The van der Waals surface area contributed by atoms with E-state index < -0.39 is 11.7 Å². The number of carbonyl (C=O) groups is 2. The summed E-state index contributed by atoms with van der Waals surface area (Å²) < 4.78 is 13.4. The fraction of sp³-hybridized carbons (Fsp3) is 0.333. The number of aromatic nitrogens is 3. The Labute approximate surface area is 177 Å². The zero-order valence-corrected chi connectivity index (χ0v) is 17.6. The minimum Gasteiger partial charge on any atom is -0.337 e. The quantitative estimate of drug-likeness (QED) is 0.661. The van der Waals surface area contributed by atoms with E-state index in [9.17, 15) is 14.0 Å². The average Bonchev–Trinajstić information content (AvgIpc) is 3.33. The lowest BCUT2D eigenvalue weighted by Crippen LogP contribution is -2.39. The van der Waals surface area contributed by atoms with E-state index >= 15 is 0 Å². The fourth-order valence-corrected chi connectivity index (χ4v) is 4.66. The van der Waals surface area contributed by atoms with Crippen LogP contribution in [0.3, 0.4) is 0 Å². The molecule has 1 fully saturated rings. The van der Waals surface area contributed by atoms with Crippen LogP contribution in [-0.2, 0) is 0 Å². The molecule has 156 valence electrons. The molecule has 0 aliphatic carbocycles. The Bertz CT molecular complexity index is 1090. The maximum atomic E-state index is 13.4. The summed E-state index contributed by atoms with van der Waals surface area (Å²) in [7, 11) is 0. The lowest BCUT2D eigenvalue weighted by atomic mass is 9.97. The average molecular weight is 428 g/mol. The normalized spacial score (nSPS) is 16.5. The number of benzene rings is 1. The van der Waals surface area contributed by atoms with E-state index in [1.165, 1.54) is 29.5 Å². The van der Waals surface area contributed by atoms with Gasteiger partial charge in [0.2, 0.25) is 0 Å². The van der Waals surface area contributed by atoms with Crippen LogP contribution in [0, 0.1) is 19.7 Å². The molecule has 2 N–H and O–H groups in total. The number of aryl methyl sites for hydroxylation is 2. The highest BCUT2D eigenvalue weighted by atomic mass is 32.1. The topological polar surface area (TPSA) is 91.0 Å². The molecule has 0 radical (unpaired) electrons. The number of halogens is 1. The number of nitrogens with zero attached hydrogens (tertiary/aromatic N) is 3. The molecule has 9 heteroatoms. The number of nitrogens with one attached hydrogen (secondary N) is 2. The molecule has 3 aromatic rings. The second-order valence-corrected chi connectivity index (χ2v) is 8.51. The van der Waals surface area contributed by atoms with Crippen LogP contribution in [0.1, 0.15) is 56.0 Å². The molecule has 1 aliphatic rings. The van der Waals surface area contributed by atoms with Gasteiger partial charge in [0.25, 0.3) is 11.8 Å².